The third-order valence-corrected chi connectivity index (χ3v) is 3.63. The van der Waals surface area contributed by atoms with E-state index in [1.165, 1.54) is 0 Å². The van der Waals surface area contributed by atoms with E-state index < -0.39 is 0 Å². The summed E-state index contributed by atoms with van der Waals surface area (Å²) in [6.07, 6.45) is 0.237. The van der Waals surface area contributed by atoms with Crippen LogP contribution in [0, 0.1) is 0 Å². The second-order valence-electron chi connectivity index (χ2n) is 5.45. The lowest BCUT2D eigenvalue weighted by Crippen LogP contribution is -2.27. The largest absolute Gasteiger partial charge is 0.493 e. The van der Waals surface area contributed by atoms with Crippen LogP contribution < -0.4 is 20.5 Å². The topological polar surface area (TPSA) is 73.6 Å². The monoisotopic (exact) mass is 328 g/mol. The normalized spacial score (nSPS) is 11.6. The van der Waals surface area contributed by atoms with Crippen LogP contribution >= 0.6 is 0 Å². The van der Waals surface area contributed by atoms with Crippen molar-refractivity contribution in [3.05, 3.63) is 59.7 Å². The number of carbonyl (C=O) groups is 1. The molecule has 0 aliphatic rings. The lowest BCUT2D eigenvalue weighted by Gasteiger charge is -2.16. The van der Waals surface area contributed by atoms with Crippen LogP contribution in [0.1, 0.15) is 30.5 Å². The van der Waals surface area contributed by atoms with Gasteiger partial charge in [-0.1, -0.05) is 36.4 Å². The molecule has 128 valence electrons. The summed E-state index contributed by atoms with van der Waals surface area (Å²) < 4.78 is 11.2. The van der Waals surface area contributed by atoms with E-state index in [9.17, 15) is 4.79 Å². The molecule has 2 aromatic rings. The van der Waals surface area contributed by atoms with Crippen LogP contribution in [-0.2, 0) is 11.4 Å². The number of hydrogen-bond donors (Lipinski definition) is 2. The van der Waals surface area contributed by atoms with Gasteiger partial charge in [-0.05, 0) is 30.2 Å². The zero-order valence-corrected chi connectivity index (χ0v) is 14.1. The van der Waals surface area contributed by atoms with Gasteiger partial charge in [-0.25, -0.2) is 0 Å². The average molecular weight is 328 g/mol. The Balaban J connectivity index is 2.05. The summed E-state index contributed by atoms with van der Waals surface area (Å²) in [7, 11) is 1.59. The SMILES string of the molecule is CCNC(=O)CC(N)c1ccc(OCc2ccccc2)c(OC)c1. The van der Waals surface area contributed by atoms with Crippen molar-refractivity contribution in [2.75, 3.05) is 13.7 Å². The van der Waals surface area contributed by atoms with Crippen LogP contribution in [0.5, 0.6) is 11.5 Å². The predicted molar refractivity (Wildman–Crippen MR) is 94.0 cm³/mol. The zero-order chi connectivity index (χ0) is 17.4. The smallest absolute Gasteiger partial charge is 0.221 e. The van der Waals surface area contributed by atoms with Crippen molar-refractivity contribution in [2.24, 2.45) is 5.73 Å². The van der Waals surface area contributed by atoms with Crippen molar-refractivity contribution in [1.82, 2.24) is 5.32 Å². The second kappa shape index (κ2) is 8.93. The van der Waals surface area contributed by atoms with Gasteiger partial charge in [-0.15, -0.1) is 0 Å². The van der Waals surface area contributed by atoms with Gasteiger partial charge in [0, 0.05) is 19.0 Å². The number of ether oxygens (including phenoxy) is 2. The molecule has 1 atom stereocenters. The van der Waals surface area contributed by atoms with E-state index >= 15 is 0 Å². The molecule has 2 rings (SSSR count). The number of amides is 1. The zero-order valence-electron chi connectivity index (χ0n) is 14.1. The van der Waals surface area contributed by atoms with Gasteiger partial charge >= 0.3 is 0 Å². The summed E-state index contributed by atoms with van der Waals surface area (Å²) in [5.41, 5.74) is 8.03. The van der Waals surface area contributed by atoms with Crippen LogP contribution in [-0.4, -0.2) is 19.6 Å². The maximum absolute atomic E-state index is 11.7. The van der Waals surface area contributed by atoms with Gasteiger partial charge in [-0.3, -0.25) is 4.79 Å². The molecule has 0 aromatic heterocycles. The molecule has 0 aliphatic carbocycles. The first kappa shape index (κ1) is 17.8. The average Bonchev–Trinajstić information content (AvgIpc) is 2.60. The van der Waals surface area contributed by atoms with Gasteiger partial charge in [0.05, 0.1) is 7.11 Å². The molecule has 0 heterocycles. The van der Waals surface area contributed by atoms with Crippen molar-refractivity contribution in [2.45, 2.75) is 26.0 Å². The second-order valence-corrected chi connectivity index (χ2v) is 5.45. The molecule has 5 nitrogen and oxygen atoms in total. The number of nitrogens with two attached hydrogens (primary N) is 1. The van der Waals surface area contributed by atoms with Crippen LogP contribution in [0.15, 0.2) is 48.5 Å². The minimum absolute atomic E-state index is 0.0617. The van der Waals surface area contributed by atoms with E-state index in [1.807, 2.05) is 55.5 Å². The molecule has 0 fully saturated rings. The molecule has 24 heavy (non-hydrogen) atoms. The minimum Gasteiger partial charge on any atom is -0.493 e. The Kier molecular flexibility index (Phi) is 6.63. The summed E-state index contributed by atoms with van der Waals surface area (Å²) in [5.74, 6) is 1.19. The van der Waals surface area contributed by atoms with E-state index in [4.69, 9.17) is 15.2 Å². The Labute approximate surface area is 142 Å². The fraction of sp³-hybridized carbons (Fsp3) is 0.316. The molecule has 3 N–H and O–H groups in total. The van der Waals surface area contributed by atoms with Crippen LogP contribution in [0.2, 0.25) is 0 Å². The first-order chi connectivity index (χ1) is 11.6. The number of nitrogens with one attached hydrogen (secondary N) is 1. The fourth-order valence-electron chi connectivity index (χ4n) is 2.36. The molecule has 5 heteroatoms. The fourth-order valence-corrected chi connectivity index (χ4v) is 2.36. The van der Waals surface area contributed by atoms with E-state index in [2.05, 4.69) is 5.32 Å². The Bertz CT molecular complexity index is 659. The van der Waals surface area contributed by atoms with Crippen LogP contribution in [0.3, 0.4) is 0 Å². The summed E-state index contributed by atoms with van der Waals surface area (Å²) >= 11 is 0. The highest BCUT2D eigenvalue weighted by atomic mass is 16.5. The van der Waals surface area contributed by atoms with E-state index in [-0.39, 0.29) is 18.4 Å². The first-order valence-electron chi connectivity index (χ1n) is 8.01. The van der Waals surface area contributed by atoms with E-state index in [0.717, 1.165) is 11.1 Å². The number of carbonyl (C=O) groups excluding carboxylic acids is 1. The summed E-state index contributed by atoms with van der Waals surface area (Å²) in [6, 6.07) is 15.1. The van der Waals surface area contributed by atoms with Gasteiger partial charge in [0.25, 0.3) is 0 Å². The molecule has 0 aliphatic heterocycles. The van der Waals surface area contributed by atoms with Crippen molar-refractivity contribution in [1.29, 1.82) is 0 Å². The van der Waals surface area contributed by atoms with Crippen molar-refractivity contribution in [3.63, 3.8) is 0 Å². The number of benzene rings is 2. The van der Waals surface area contributed by atoms with Crippen molar-refractivity contribution in [3.8, 4) is 11.5 Å². The van der Waals surface area contributed by atoms with Crippen LogP contribution in [0.4, 0.5) is 0 Å². The third-order valence-electron chi connectivity index (χ3n) is 3.63. The highest BCUT2D eigenvalue weighted by Gasteiger charge is 2.14. The molecule has 0 saturated carbocycles. The molecular weight excluding hydrogens is 304 g/mol. The maximum atomic E-state index is 11.7. The molecule has 0 spiro atoms. The molecule has 0 bridgehead atoms. The van der Waals surface area contributed by atoms with Gasteiger partial charge in [0.2, 0.25) is 5.91 Å². The molecule has 1 unspecified atom stereocenters. The van der Waals surface area contributed by atoms with Crippen molar-refractivity contribution >= 4 is 5.91 Å². The van der Waals surface area contributed by atoms with Crippen molar-refractivity contribution < 1.29 is 14.3 Å². The highest BCUT2D eigenvalue weighted by Crippen LogP contribution is 2.31. The highest BCUT2D eigenvalue weighted by molar-refractivity contribution is 5.76. The molecule has 1 amide bonds. The summed E-state index contributed by atoms with van der Waals surface area (Å²) in [6.45, 7) is 2.94. The summed E-state index contributed by atoms with van der Waals surface area (Å²) in [4.78, 5) is 11.7. The van der Waals surface area contributed by atoms with Gasteiger partial charge < -0.3 is 20.5 Å². The number of hydrogen-bond acceptors (Lipinski definition) is 4. The molecule has 2 aromatic carbocycles. The van der Waals surface area contributed by atoms with Gasteiger partial charge in [0.1, 0.15) is 6.61 Å². The van der Waals surface area contributed by atoms with E-state index in [0.29, 0.717) is 24.7 Å². The molecular formula is C19H24N2O3. The van der Waals surface area contributed by atoms with Crippen LogP contribution in [0.25, 0.3) is 0 Å². The number of rotatable bonds is 8. The Morgan fingerprint density at radius 2 is 1.92 bits per heavy atom. The van der Waals surface area contributed by atoms with E-state index in [1.54, 1.807) is 7.11 Å². The lowest BCUT2D eigenvalue weighted by atomic mass is 10.0. The quantitative estimate of drug-likeness (QED) is 0.781. The maximum Gasteiger partial charge on any atom is 0.221 e. The molecule has 0 radical (unpaired) electrons. The minimum atomic E-state index is -0.381. The third kappa shape index (κ3) is 4.99. The standard InChI is InChI=1S/C19H24N2O3/c1-3-21-19(22)12-16(20)15-9-10-17(18(11-15)23-2)24-13-14-7-5-4-6-8-14/h4-11,16H,3,12-13,20H2,1-2H3,(H,21,22). The predicted octanol–water partition coefficient (Wildman–Crippen LogP) is 2.80. The summed E-state index contributed by atoms with van der Waals surface area (Å²) in [5, 5.41) is 2.75. The Hall–Kier alpha value is -2.53. The van der Waals surface area contributed by atoms with Gasteiger partial charge in [-0.2, -0.15) is 0 Å². The Morgan fingerprint density at radius 1 is 1.17 bits per heavy atom. The lowest BCUT2D eigenvalue weighted by molar-refractivity contribution is -0.121. The Morgan fingerprint density at radius 3 is 2.58 bits per heavy atom. The molecule has 0 saturated heterocycles. The van der Waals surface area contributed by atoms with Gasteiger partial charge in [0.15, 0.2) is 11.5 Å². The number of methoxy groups -OCH3 is 1. The first-order valence-corrected chi connectivity index (χ1v) is 8.01.